The van der Waals surface area contributed by atoms with E-state index in [0.717, 1.165) is 12.8 Å². The van der Waals surface area contributed by atoms with Crippen LogP contribution in [0.15, 0.2) is 35.7 Å². The molecule has 4 nitrogen and oxygen atoms in total. The van der Waals surface area contributed by atoms with E-state index < -0.39 is 5.82 Å². The number of halogens is 2. The predicted octanol–water partition coefficient (Wildman–Crippen LogP) is 4.05. The molecular weight excluding hydrogens is 375 g/mol. The van der Waals surface area contributed by atoms with Crippen molar-refractivity contribution in [2.45, 2.75) is 19.4 Å². The van der Waals surface area contributed by atoms with Crippen molar-refractivity contribution in [1.82, 2.24) is 9.80 Å². The van der Waals surface area contributed by atoms with Crippen molar-refractivity contribution in [3.63, 3.8) is 0 Å². The molecule has 0 bridgehead atoms. The zero-order valence-electron chi connectivity index (χ0n) is 14.5. The van der Waals surface area contributed by atoms with Gasteiger partial charge in [0.05, 0.1) is 10.8 Å². The van der Waals surface area contributed by atoms with E-state index in [4.69, 9.17) is 11.6 Å². The Morgan fingerprint density at radius 1 is 1.35 bits per heavy atom. The van der Waals surface area contributed by atoms with Crippen LogP contribution in [0.5, 0.6) is 0 Å². The average molecular weight is 395 g/mol. The van der Waals surface area contributed by atoms with E-state index in [0.29, 0.717) is 28.6 Å². The Bertz CT molecular complexity index is 777. The van der Waals surface area contributed by atoms with Gasteiger partial charge < -0.3 is 9.80 Å². The molecule has 1 atom stereocenters. The zero-order valence-corrected chi connectivity index (χ0v) is 16.0. The second-order valence-electron chi connectivity index (χ2n) is 6.46. The molecule has 2 heterocycles. The molecule has 138 valence electrons. The third kappa shape index (κ3) is 4.07. The minimum atomic E-state index is -0.421. The number of thiophene rings is 1. The average Bonchev–Trinajstić information content (AvgIpc) is 3.18. The van der Waals surface area contributed by atoms with E-state index in [2.05, 4.69) is 0 Å². The molecule has 3 rings (SSSR count). The first-order chi connectivity index (χ1) is 12.5. The van der Waals surface area contributed by atoms with Crippen LogP contribution >= 0.6 is 22.9 Å². The van der Waals surface area contributed by atoms with Crippen molar-refractivity contribution in [2.75, 3.05) is 20.1 Å². The summed E-state index contributed by atoms with van der Waals surface area (Å²) in [6.07, 6.45) is 1.50. The standard InChI is InChI=1S/C19H20ClFN2O2S/c1-22(12-14-15(20)6-2-7-16(14)21)18(24)13-5-3-9-23(11-13)19(25)17-8-4-10-26-17/h2,4,6-8,10,13H,3,5,9,11-12H2,1H3. The molecule has 0 radical (unpaired) electrons. The van der Waals surface area contributed by atoms with E-state index in [-0.39, 0.29) is 24.3 Å². The fourth-order valence-corrected chi connectivity index (χ4v) is 4.14. The minimum absolute atomic E-state index is 0.0303. The third-order valence-electron chi connectivity index (χ3n) is 4.62. The Morgan fingerprint density at radius 2 is 2.15 bits per heavy atom. The highest BCUT2D eigenvalue weighted by molar-refractivity contribution is 7.12. The lowest BCUT2D eigenvalue weighted by atomic mass is 9.96. The molecule has 0 spiro atoms. The molecule has 1 fully saturated rings. The van der Waals surface area contributed by atoms with Gasteiger partial charge in [0.2, 0.25) is 5.91 Å². The lowest BCUT2D eigenvalue weighted by molar-refractivity contribution is -0.136. The van der Waals surface area contributed by atoms with Gasteiger partial charge in [0.1, 0.15) is 5.82 Å². The largest absolute Gasteiger partial charge is 0.341 e. The van der Waals surface area contributed by atoms with Gasteiger partial charge in [-0.1, -0.05) is 23.7 Å². The second-order valence-corrected chi connectivity index (χ2v) is 7.82. The zero-order chi connectivity index (χ0) is 18.7. The van der Waals surface area contributed by atoms with Crippen LogP contribution in [0.2, 0.25) is 5.02 Å². The Kier molecular flexibility index (Phi) is 5.94. The maximum Gasteiger partial charge on any atom is 0.263 e. The van der Waals surface area contributed by atoms with E-state index in [9.17, 15) is 14.0 Å². The number of carbonyl (C=O) groups is 2. The van der Waals surface area contributed by atoms with Gasteiger partial charge in [-0.3, -0.25) is 9.59 Å². The number of piperidine rings is 1. The highest BCUT2D eigenvalue weighted by Gasteiger charge is 2.31. The summed E-state index contributed by atoms with van der Waals surface area (Å²) in [5.41, 5.74) is 0.312. The lowest BCUT2D eigenvalue weighted by Gasteiger charge is -2.34. The molecular formula is C19H20ClFN2O2S. The van der Waals surface area contributed by atoms with Crippen molar-refractivity contribution >= 4 is 34.8 Å². The summed E-state index contributed by atoms with van der Waals surface area (Å²) in [5, 5.41) is 2.17. The maximum absolute atomic E-state index is 14.0. The monoisotopic (exact) mass is 394 g/mol. The molecule has 7 heteroatoms. The Labute approximate surface area is 161 Å². The van der Waals surface area contributed by atoms with Gasteiger partial charge in [0, 0.05) is 37.3 Å². The van der Waals surface area contributed by atoms with Gasteiger partial charge in [-0.2, -0.15) is 0 Å². The molecule has 1 aliphatic heterocycles. The first-order valence-corrected chi connectivity index (χ1v) is 9.73. The van der Waals surface area contributed by atoms with Crippen molar-refractivity contribution in [1.29, 1.82) is 0 Å². The maximum atomic E-state index is 14.0. The van der Waals surface area contributed by atoms with Crippen LogP contribution in [0.4, 0.5) is 4.39 Å². The van der Waals surface area contributed by atoms with Crippen molar-refractivity contribution < 1.29 is 14.0 Å². The van der Waals surface area contributed by atoms with Crippen molar-refractivity contribution in [2.24, 2.45) is 5.92 Å². The van der Waals surface area contributed by atoms with Crippen LogP contribution in [-0.2, 0) is 11.3 Å². The first kappa shape index (κ1) is 18.9. The van der Waals surface area contributed by atoms with Gasteiger partial charge in [-0.25, -0.2) is 4.39 Å². The molecule has 1 aromatic heterocycles. The highest BCUT2D eigenvalue weighted by atomic mass is 35.5. The summed E-state index contributed by atoms with van der Waals surface area (Å²) in [7, 11) is 1.64. The van der Waals surface area contributed by atoms with Crippen LogP contribution in [-0.4, -0.2) is 41.8 Å². The number of likely N-dealkylation sites (tertiary alicyclic amines) is 1. The smallest absolute Gasteiger partial charge is 0.263 e. The Morgan fingerprint density at radius 3 is 2.85 bits per heavy atom. The van der Waals surface area contributed by atoms with E-state index in [1.807, 2.05) is 11.4 Å². The molecule has 26 heavy (non-hydrogen) atoms. The molecule has 2 amide bonds. The van der Waals surface area contributed by atoms with E-state index in [1.165, 1.54) is 28.4 Å². The topological polar surface area (TPSA) is 40.6 Å². The summed E-state index contributed by atoms with van der Waals surface area (Å²) in [4.78, 5) is 29.2. The van der Waals surface area contributed by atoms with Gasteiger partial charge in [-0.05, 0) is 36.4 Å². The van der Waals surface area contributed by atoms with Gasteiger partial charge in [0.15, 0.2) is 0 Å². The lowest BCUT2D eigenvalue weighted by Crippen LogP contribution is -2.45. The second kappa shape index (κ2) is 8.18. The van der Waals surface area contributed by atoms with Crippen molar-refractivity contribution in [3.8, 4) is 0 Å². The molecule has 2 aromatic rings. The molecule has 1 saturated heterocycles. The highest BCUT2D eigenvalue weighted by Crippen LogP contribution is 2.24. The SMILES string of the molecule is CN(Cc1c(F)cccc1Cl)C(=O)C1CCCN(C(=O)c2cccs2)C1. The van der Waals surface area contributed by atoms with Gasteiger partial charge in [0.25, 0.3) is 5.91 Å². The number of nitrogens with zero attached hydrogens (tertiary/aromatic N) is 2. The van der Waals surface area contributed by atoms with Crippen LogP contribution in [0.3, 0.4) is 0 Å². The molecule has 0 N–H and O–H groups in total. The Hall–Kier alpha value is -1.92. The van der Waals surface area contributed by atoms with E-state index >= 15 is 0 Å². The number of hydrogen-bond acceptors (Lipinski definition) is 3. The number of amides is 2. The van der Waals surface area contributed by atoms with Gasteiger partial charge in [-0.15, -0.1) is 11.3 Å². The molecule has 1 aliphatic rings. The number of benzene rings is 1. The normalized spacial score (nSPS) is 17.2. The molecule has 0 aliphatic carbocycles. The predicted molar refractivity (Wildman–Crippen MR) is 101 cm³/mol. The molecule has 1 aromatic carbocycles. The number of hydrogen-bond donors (Lipinski definition) is 0. The summed E-state index contributed by atoms with van der Waals surface area (Å²) in [6, 6.07) is 8.13. The van der Waals surface area contributed by atoms with Crippen LogP contribution in [0, 0.1) is 11.7 Å². The quantitative estimate of drug-likeness (QED) is 0.784. The minimum Gasteiger partial charge on any atom is -0.341 e. The fraction of sp³-hybridized carbons (Fsp3) is 0.368. The number of carbonyl (C=O) groups excluding carboxylic acids is 2. The Balaban J connectivity index is 1.66. The molecule has 1 unspecified atom stereocenters. The summed E-state index contributed by atoms with van der Waals surface area (Å²) in [6.45, 7) is 1.16. The summed E-state index contributed by atoms with van der Waals surface area (Å²) >= 11 is 7.46. The van der Waals surface area contributed by atoms with Gasteiger partial charge >= 0.3 is 0 Å². The molecule has 0 saturated carbocycles. The van der Waals surface area contributed by atoms with E-state index in [1.54, 1.807) is 24.1 Å². The number of rotatable bonds is 4. The first-order valence-electron chi connectivity index (χ1n) is 8.48. The summed E-state index contributed by atoms with van der Waals surface area (Å²) < 4.78 is 14.0. The van der Waals surface area contributed by atoms with Crippen LogP contribution < -0.4 is 0 Å². The van der Waals surface area contributed by atoms with Crippen molar-refractivity contribution in [3.05, 3.63) is 57.0 Å². The fourth-order valence-electron chi connectivity index (χ4n) is 3.23. The van der Waals surface area contributed by atoms with Crippen LogP contribution in [0.25, 0.3) is 0 Å². The third-order valence-corrected chi connectivity index (χ3v) is 5.83. The van der Waals surface area contributed by atoms with Crippen LogP contribution in [0.1, 0.15) is 28.1 Å². The summed E-state index contributed by atoms with van der Waals surface area (Å²) in [5.74, 6) is -0.816.